The molecular formula is C13H17NO3S. The summed E-state index contributed by atoms with van der Waals surface area (Å²) in [6.07, 6.45) is 4.27. The number of hydrogen-bond donors (Lipinski definition) is 1. The van der Waals surface area contributed by atoms with Crippen molar-refractivity contribution < 1.29 is 13.2 Å². The van der Waals surface area contributed by atoms with Crippen LogP contribution in [-0.4, -0.2) is 20.6 Å². The molecule has 1 aromatic carbocycles. The molecule has 0 heterocycles. The third kappa shape index (κ3) is 4.00. The summed E-state index contributed by atoms with van der Waals surface area (Å²) >= 11 is 0. The summed E-state index contributed by atoms with van der Waals surface area (Å²) in [7, 11) is -3.18. The van der Waals surface area contributed by atoms with Crippen molar-refractivity contribution in [1.82, 2.24) is 5.32 Å². The van der Waals surface area contributed by atoms with Gasteiger partial charge in [0.1, 0.15) is 0 Å². The number of carbonyl (C=O) groups is 1. The Hall–Kier alpha value is -1.62. The lowest BCUT2D eigenvalue weighted by molar-refractivity contribution is -0.117. The van der Waals surface area contributed by atoms with Gasteiger partial charge in [0.25, 0.3) is 0 Å². The zero-order valence-corrected chi connectivity index (χ0v) is 11.5. The lowest BCUT2D eigenvalue weighted by Crippen LogP contribution is -2.24. The fraction of sp³-hybridized carbons (Fsp3) is 0.308. The van der Waals surface area contributed by atoms with E-state index < -0.39 is 9.84 Å². The third-order valence-corrected chi connectivity index (χ3v) is 3.61. The highest BCUT2D eigenvalue weighted by Gasteiger charge is 2.10. The maximum absolute atomic E-state index is 11.4. The molecule has 1 aromatic rings. The van der Waals surface area contributed by atoms with Crippen molar-refractivity contribution in [3.63, 3.8) is 0 Å². The summed E-state index contributed by atoms with van der Waals surface area (Å²) in [5.41, 5.74) is 0.861. The van der Waals surface area contributed by atoms with Gasteiger partial charge in [0.2, 0.25) is 5.91 Å². The van der Waals surface area contributed by atoms with Crippen LogP contribution in [0.4, 0.5) is 0 Å². The first-order valence-corrected chi connectivity index (χ1v) is 7.47. The van der Waals surface area contributed by atoms with Gasteiger partial charge in [0.15, 0.2) is 9.84 Å². The molecule has 0 radical (unpaired) electrons. The molecule has 4 nitrogen and oxygen atoms in total. The van der Waals surface area contributed by atoms with E-state index in [4.69, 9.17) is 0 Å². The van der Waals surface area contributed by atoms with E-state index in [2.05, 4.69) is 5.32 Å². The number of amides is 1. The van der Waals surface area contributed by atoms with Crippen LogP contribution in [0.1, 0.15) is 25.5 Å². The quantitative estimate of drug-likeness (QED) is 0.847. The van der Waals surface area contributed by atoms with E-state index in [1.54, 1.807) is 37.3 Å². The highest BCUT2D eigenvalue weighted by atomic mass is 32.2. The van der Waals surface area contributed by atoms with Gasteiger partial charge in [-0.05, 0) is 37.6 Å². The van der Waals surface area contributed by atoms with Gasteiger partial charge in [-0.1, -0.05) is 18.2 Å². The fourth-order valence-electron chi connectivity index (χ4n) is 1.50. The van der Waals surface area contributed by atoms with E-state index in [0.717, 1.165) is 5.56 Å². The molecule has 1 unspecified atom stereocenters. The smallest absolute Gasteiger partial charge is 0.244 e. The first kappa shape index (κ1) is 14.4. The average molecular weight is 267 g/mol. The molecule has 1 N–H and O–H groups in total. The topological polar surface area (TPSA) is 63.2 Å². The zero-order valence-electron chi connectivity index (χ0n) is 10.7. The van der Waals surface area contributed by atoms with E-state index in [1.807, 2.05) is 6.92 Å². The van der Waals surface area contributed by atoms with Gasteiger partial charge in [-0.3, -0.25) is 4.79 Å². The number of carbonyl (C=O) groups excluding carboxylic acids is 1. The van der Waals surface area contributed by atoms with Crippen LogP contribution in [-0.2, 0) is 14.6 Å². The molecule has 1 amide bonds. The highest BCUT2D eigenvalue weighted by molar-refractivity contribution is 7.90. The molecule has 0 saturated carbocycles. The Morgan fingerprint density at radius 1 is 1.28 bits per heavy atom. The molecule has 0 fully saturated rings. The van der Waals surface area contributed by atoms with Crippen molar-refractivity contribution >= 4 is 15.7 Å². The van der Waals surface area contributed by atoms with E-state index >= 15 is 0 Å². The second-order valence-electron chi connectivity index (χ2n) is 4.07. The van der Waals surface area contributed by atoms with Crippen LogP contribution >= 0.6 is 0 Å². The summed E-state index contributed by atoms with van der Waals surface area (Å²) in [6.45, 7) is 3.61. The molecular weight excluding hydrogens is 250 g/mol. The zero-order chi connectivity index (χ0) is 13.8. The maximum atomic E-state index is 11.4. The third-order valence-electron chi connectivity index (χ3n) is 2.49. The van der Waals surface area contributed by atoms with E-state index in [9.17, 15) is 13.2 Å². The number of nitrogens with one attached hydrogen (secondary N) is 1. The van der Waals surface area contributed by atoms with Crippen LogP contribution in [0.3, 0.4) is 0 Å². The van der Waals surface area contributed by atoms with Gasteiger partial charge in [0, 0.05) is 6.26 Å². The summed E-state index contributed by atoms with van der Waals surface area (Å²) in [5, 5.41) is 2.78. The summed E-state index contributed by atoms with van der Waals surface area (Å²) in [5.74, 6) is -0.169. The molecule has 5 heteroatoms. The van der Waals surface area contributed by atoms with Crippen molar-refractivity contribution in [1.29, 1.82) is 0 Å². The minimum absolute atomic E-state index is 0.165. The Morgan fingerprint density at radius 2 is 1.83 bits per heavy atom. The molecule has 0 aromatic heterocycles. The molecule has 1 rings (SSSR count). The van der Waals surface area contributed by atoms with E-state index in [-0.39, 0.29) is 16.8 Å². The highest BCUT2D eigenvalue weighted by Crippen LogP contribution is 2.16. The van der Waals surface area contributed by atoms with Crippen LogP contribution in [0.15, 0.2) is 41.3 Å². The van der Waals surface area contributed by atoms with Crippen LogP contribution in [0.2, 0.25) is 0 Å². The van der Waals surface area contributed by atoms with Gasteiger partial charge in [-0.25, -0.2) is 8.42 Å². The van der Waals surface area contributed by atoms with Gasteiger partial charge in [-0.2, -0.15) is 0 Å². The molecule has 18 heavy (non-hydrogen) atoms. The summed E-state index contributed by atoms with van der Waals surface area (Å²) in [6, 6.07) is 6.34. The molecule has 0 aliphatic heterocycles. The first-order chi connectivity index (χ1) is 8.34. The van der Waals surface area contributed by atoms with Gasteiger partial charge < -0.3 is 5.32 Å². The Labute approximate surface area is 108 Å². The predicted octanol–water partition coefficient (Wildman–Crippen LogP) is 1.84. The lowest BCUT2D eigenvalue weighted by atomic mass is 10.1. The Balaban J connectivity index is 2.83. The molecule has 0 spiro atoms. The van der Waals surface area contributed by atoms with Crippen LogP contribution in [0.5, 0.6) is 0 Å². The number of hydrogen-bond acceptors (Lipinski definition) is 3. The average Bonchev–Trinajstić information content (AvgIpc) is 2.28. The molecule has 0 aliphatic rings. The number of benzene rings is 1. The predicted molar refractivity (Wildman–Crippen MR) is 70.9 cm³/mol. The molecule has 98 valence electrons. The Morgan fingerprint density at radius 3 is 2.28 bits per heavy atom. The normalized spacial score (nSPS) is 13.5. The molecule has 0 bridgehead atoms. The van der Waals surface area contributed by atoms with Crippen LogP contribution < -0.4 is 5.32 Å². The number of rotatable bonds is 4. The molecule has 0 saturated heterocycles. The van der Waals surface area contributed by atoms with Crippen molar-refractivity contribution in [2.75, 3.05) is 6.26 Å². The second kappa shape index (κ2) is 5.82. The molecule has 1 atom stereocenters. The summed E-state index contributed by atoms with van der Waals surface area (Å²) in [4.78, 5) is 11.6. The van der Waals surface area contributed by atoms with Crippen LogP contribution in [0.25, 0.3) is 0 Å². The Bertz CT molecular complexity index is 544. The van der Waals surface area contributed by atoms with Crippen LogP contribution in [0, 0.1) is 0 Å². The number of sulfone groups is 1. The Kier molecular flexibility index (Phi) is 4.67. The van der Waals surface area contributed by atoms with Gasteiger partial charge >= 0.3 is 0 Å². The second-order valence-corrected chi connectivity index (χ2v) is 6.09. The van der Waals surface area contributed by atoms with Crippen molar-refractivity contribution in [2.24, 2.45) is 0 Å². The maximum Gasteiger partial charge on any atom is 0.244 e. The minimum Gasteiger partial charge on any atom is -0.346 e. The minimum atomic E-state index is -3.18. The van der Waals surface area contributed by atoms with E-state index in [1.165, 1.54) is 12.3 Å². The number of allylic oxidation sites excluding steroid dienone is 1. The molecule has 0 aliphatic carbocycles. The SMILES string of the molecule is CC=CC(=O)NC(C)c1ccc(S(C)(=O)=O)cc1. The first-order valence-electron chi connectivity index (χ1n) is 5.58. The largest absolute Gasteiger partial charge is 0.346 e. The van der Waals surface area contributed by atoms with Crippen molar-refractivity contribution in [3.05, 3.63) is 42.0 Å². The lowest BCUT2D eigenvalue weighted by Gasteiger charge is -2.13. The summed E-state index contributed by atoms with van der Waals surface area (Å²) < 4.78 is 22.6. The standard InChI is InChI=1S/C13H17NO3S/c1-4-5-13(15)14-10(2)11-6-8-12(9-7-11)18(3,16)17/h4-10H,1-3H3,(H,14,15). The van der Waals surface area contributed by atoms with E-state index in [0.29, 0.717) is 0 Å². The monoisotopic (exact) mass is 267 g/mol. The van der Waals surface area contributed by atoms with Crippen molar-refractivity contribution in [2.45, 2.75) is 24.8 Å². The fourth-order valence-corrected chi connectivity index (χ4v) is 2.13. The van der Waals surface area contributed by atoms with Gasteiger partial charge in [0.05, 0.1) is 10.9 Å². The van der Waals surface area contributed by atoms with Gasteiger partial charge in [-0.15, -0.1) is 0 Å². The van der Waals surface area contributed by atoms with Crippen molar-refractivity contribution in [3.8, 4) is 0 Å².